The first-order valence-electron chi connectivity index (χ1n) is 6.66. The number of para-hydroxylation sites is 1. The van der Waals surface area contributed by atoms with Crippen LogP contribution < -0.4 is 10.1 Å². The van der Waals surface area contributed by atoms with Crippen molar-refractivity contribution in [1.82, 2.24) is 9.38 Å². The van der Waals surface area contributed by atoms with Crippen LogP contribution in [-0.4, -0.2) is 23.0 Å². The molecule has 0 saturated carbocycles. The Morgan fingerprint density at radius 3 is 2.95 bits per heavy atom. The molecule has 1 N–H and O–H groups in total. The molecule has 0 bridgehead atoms. The third-order valence-corrected chi connectivity index (χ3v) is 3.32. The van der Waals surface area contributed by atoms with Crippen LogP contribution in [0.25, 0.3) is 5.65 Å². The molecule has 2 heterocycles. The molecule has 3 aromatic rings. The zero-order valence-electron chi connectivity index (χ0n) is 11.4. The van der Waals surface area contributed by atoms with Crippen LogP contribution in [-0.2, 0) is 6.42 Å². The quantitative estimate of drug-likeness (QED) is 0.772. The van der Waals surface area contributed by atoms with Gasteiger partial charge in [-0.05, 0) is 30.2 Å². The minimum absolute atomic E-state index is 0.845. The Labute approximate surface area is 118 Å². The van der Waals surface area contributed by atoms with Crippen molar-refractivity contribution < 1.29 is 4.74 Å². The fourth-order valence-electron chi connectivity index (χ4n) is 2.33. The molecule has 0 spiro atoms. The lowest BCUT2D eigenvalue weighted by molar-refractivity contribution is 0.410. The van der Waals surface area contributed by atoms with Crippen molar-refractivity contribution in [1.29, 1.82) is 0 Å². The first-order valence-corrected chi connectivity index (χ1v) is 6.66. The number of methoxy groups -OCH3 is 1. The van der Waals surface area contributed by atoms with Crippen LogP contribution in [0.5, 0.6) is 5.75 Å². The summed E-state index contributed by atoms with van der Waals surface area (Å²) in [7, 11) is 1.71. The summed E-state index contributed by atoms with van der Waals surface area (Å²) in [4.78, 5) is 4.28. The van der Waals surface area contributed by atoms with E-state index in [0.29, 0.717) is 0 Å². The SMILES string of the molecule is COc1ccccc1CCNc1cccc2nccn12. The van der Waals surface area contributed by atoms with Gasteiger partial charge in [-0.15, -0.1) is 0 Å². The standard InChI is InChI=1S/C16H17N3O/c1-20-14-6-3-2-5-13(14)9-10-17-15-7-4-8-16-18-11-12-19(15)16/h2-8,11-12,17H,9-10H2,1H3. The van der Waals surface area contributed by atoms with E-state index < -0.39 is 0 Å². The Morgan fingerprint density at radius 2 is 2.05 bits per heavy atom. The average Bonchev–Trinajstić information content (AvgIpc) is 2.97. The molecule has 0 aliphatic carbocycles. The second-order valence-electron chi connectivity index (χ2n) is 4.56. The highest BCUT2D eigenvalue weighted by atomic mass is 16.5. The second-order valence-corrected chi connectivity index (χ2v) is 4.56. The molecule has 0 aliphatic rings. The molecule has 1 aromatic carbocycles. The molecule has 102 valence electrons. The summed E-state index contributed by atoms with van der Waals surface area (Å²) in [6.07, 6.45) is 4.68. The molecule has 0 saturated heterocycles. The van der Waals surface area contributed by atoms with Crippen LogP contribution in [0.1, 0.15) is 5.56 Å². The van der Waals surface area contributed by atoms with Gasteiger partial charge in [-0.1, -0.05) is 24.3 Å². The number of aromatic nitrogens is 2. The zero-order valence-corrected chi connectivity index (χ0v) is 11.4. The van der Waals surface area contributed by atoms with E-state index in [-0.39, 0.29) is 0 Å². The first-order chi connectivity index (χ1) is 9.88. The lowest BCUT2D eigenvalue weighted by atomic mass is 10.1. The molecular weight excluding hydrogens is 250 g/mol. The molecule has 4 heteroatoms. The maximum absolute atomic E-state index is 5.36. The summed E-state index contributed by atoms with van der Waals surface area (Å²) in [5.74, 6) is 1.99. The van der Waals surface area contributed by atoms with E-state index in [1.165, 1.54) is 5.56 Å². The van der Waals surface area contributed by atoms with Gasteiger partial charge in [0.25, 0.3) is 0 Å². The minimum Gasteiger partial charge on any atom is -0.496 e. The van der Waals surface area contributed by atoms with Crippen molar-refractivity contribution in [3.8, 4) is 5.75 Å². The summed E-state index contributed by atoms with van der Waals surface area (Å²) in [5.41, 5.74) is 2.16. The number of benzene rings is 1. The Hall–Kier alpha value is -2.49. The highest BCUT2D eigenvalue weighted by Crippen LogP contribution is 2.18. The van der Waals surface area contributed by atoms with E-state index in [1.54, 1.807) is 13.3 Å². The molecule has 0 unspecified atom stereocenters. The highest BCUT2D eigenvalue weighted by Gasteiger charge is 2.03. The Balaban J connectivity index is 1.69. The van der Waals surface area contributed by atoms with Crippen molar-refractivity contribution in [2.24, 2.45) is 0 Å². The highest BCUT2D eigenvalue weighted by molar-refractivity contribution is 5.50. The summed E-state index contributed by atoms with van der Waals surface area (Å²) in [5, 5.41) is 3.44. The van der Waals surface area contributed by atoms with Crippen LogP contribution in [0.4, 0.5) is 5.82 Å². The number of nitrogens with one attached hydrogen (secondary N) is 1. The van der Waals surface area contributed by atoms with E-state index >= 15 is 0 Å². The third-order valence-electron chi connectivity index (χ3n) is 3.32. The Kier molecular flexibility index (Phi) is 3.54. The number of nitrogens with zero attached hydrogens (tertiary/aromatic N) is 2. The number of anilines is 1. The fourth-order valence-corrected chi connectivity index (χ4v) is 2.33. The number of imidazole rings is 1. The zero-order chi connectivity index (χ0) is 13.8. The molecule has 0 aliphatic heterocycles. The van der Waals surface area contributed by atoms with Crippen molar-refractivity contribution in [3.05, 3.63) is 60.4 Å². The van der Waals surface area contributed by atoms with Gasteiger partial charge in [-0.3, -0.25) is 4.40 Å². The fraction of sp³-hybridized carbons (Fsp3) is 0.188. The summed E-state index contributed by atoms with van der Waals surface area (Å²) >= 11 is 0. The Bertz CT molecular complexity index is 706. The molecule has 4 nitrogen and oxygen atoms in total. The molecule has 2 aromatic heterocycles. The summed E-state index contributed by atoms with van der Waals surface area (Å²) in [6, 6.07) is 14.2. The van der Waals surface area contributed by atoms with Gasteiger partial charge in [-0.2, -0.15) is 0 Å². The lowest BCUT2D eigenvalue weighted by Crippen LogP contribution is -2.08. The van der Waals surface area contributed by atoms with Gasteiger partial charge in [0.1, 0.15) is 17.2 Å². The molecule has 3 rings (SSSR count). The molecular formula is C16H17N3O. The maximum atomic E-state index is 5.36. The molecule has 0 radical (unpaired) electrons. The van der Waals surface area contributed by atoms with Gasteiger partial charge >= 0.3 is 0 Å². The first kappa shape index (κ1) is 12.5. The molecule has 0 atom stereocenters. The summed E-state index contributed by atoms with van der Waals surface area (Å²) < 4.78 is 7.41. The molecule has 20 heavy (non-hydrogen) atoms. The van der Waals surface area contributed by atoms with Crippen LogP contribution in [0.15, 0.2) is 54.9 Å². The maximum Gasteiger partial charge on any atom is 0.138 e. The van der Waals surface area contributed by atoms with E-state index in [1.807, 2.05) is 40.9 Å². The van der Waals surface area contributed by atoms with Gasteiger partial charge in [0.2, 0.25) is 0 Å². The van der Waals surface area contributed by atoms with Crippen molar-refractivity contribution in [2.75, 3.05) is 19.0 Å². The van der Waals surface area contributed by atoms with E-state index in [0.717, 1.165) is 30.2 Å². The average molecular weight is 267 g/mol. The van der Waals surface area contributed by atoms with Gasteiger partial charge < -0.3 is 10.1 Å². The number of hydrogen-bond donors (Lipinski definition) is 1. The minimum atomic E-state index is 0.845. The molecule has 0 fully saturated rings. The number of hydrogen-bond acceptors (Lipinski definition) is 3. The Morgan fingerprint density at radius 1 is 1.15 bits per heavy atom. The van der Waals surface area contributed by atoms with Crippen LogP contribution in [0, 0.1) is 0 Å². The number of pyridine rings is 1. The summed E-state index contributed by atoms with van der Waals surface area (Å²) in [6.45, 7) is 0.845. The monoisotopic (exact) mass is 267 g/mol. The predicted molar refractivity (Wildman–Crippen MR) is 80.4 cm³/mol. The van der Waals surface area contributed by atoms with Crippen LogP contribution in [0.2, 0.25) is 0 Å². The number of rotatable bonds is 5. The largest absolute Gasteiger partial charge is 0.496 e. The van der Waals surface area contributed by atoms with Crippen molar-refractivity contribution in [3.63, 3.8) is 0 Å². The normalized spacial score (nSPS) is 10.7. The van der Waals surface area contributed by atoms with Crippen LogP contribution >= 0.6 is 0 Å². The lowest BCUT2D eigenvalue weighted by Gasteiger charge is -2.11. The predicted octanol–water partition coefficient (Wildman–Crippen LogP) is 3.00. The van der Waals surface area contributed by atoms with Gasteiger partial charge in [0.05, 0.1) is 7.11 Å². The molecule has 0 amide bonds. The smallest absolute Gasteiger partial charge is 0.138 e. The van der Waals surface area contributed by atoms with Gasteiger partial charge in [0, 0.05) is 18.9 Å². The van der Waals surface area contributed by atoms with E-state index in [4.69, 9.17) is 4.74 Å². The van der Waals surface area contributed by atoms with Crippen molar-refractivity contribution >= 4 is 11.5 Å². The second kappa shape index (κ2) is 5.65. The van der Waals surface area contributed by atoms with E-state index in [9.17, 15) is 0 Å². The van der Waals surface area contributed by atoms with Gasteiger partial charge in [0.15, 0.2) is 0 Å². The number of fused-ring (bicyclic) bond motifs is 1. The number of ether oxygens (including phenoxy) is 1. The van der Waals surface area contributed by atoms with E-state index in [2.05, 4.69) is 22.4 Å². The third kappa shape index (κ3) is 2.45. The topological polar surface area (TPSA) is 38.6 Å². The van der Waals surface area contributed by atoms with Gasteiger partial charge in [-0.25, -0.2) is 4.98 Å². The van der Waals surface area contributed by atoms with Crippen LogP contribution in [0.3, 0.4) is 0 Å². The van der Waals surface area contributed by atoms with Crippen molar-refractivity contribution in [2.45, 2.75) is 6.42 Å².